The summed E-state index contributed by atoms with van der Waals surface area (Å²) in [6, 6.07) is 0. The zero-order valence-electron chi connectivity index (χ0n) is 8.99. The van der Waals surface area contributed by atoms with Crippen LogP contribution >= 0.6 is 0 Å². The van der Waals surface area contributed by atoms with Gasteiger partial charge in [-0.2, -0.15) is 4.98 Å². The first kappa shape index (κ1) is 11.5. The Labute approximate surface area is 88.2 Å². The Balaban J connectivity index is 2.36. The second kappa shape index (κ2) is 5.33. The fourth-order valence-electron chi connectivity index (χ4n) is 1.23. The second-order valence-electron chi connectivity index (χ2n) is 3.53. The molecule has 1 aromatic heterocycles. The van der Waals surface area contributed by atoms with Gasteiger partial charge >= 0.3 is 5.97 Å². The number of nitrogens with one attached hydrogen (secondary N) is 1. The topological polar surface area (TPSA) is 93.9 Å². The molecule has 3 N–H and O–H groups in total. The summed E-state index contributed by atoms with van der Waals surface area (Å²) in [5.74, 6) is -0.0545. The number of aromatic nitrogens is 3. The third-order valence-corrected chi connectivity index (χ3v) is 1.98. The lowest BCUT2D eigenvalue weighted by Crippen LogP contribution is -2.13. The number of esters is 1. The van der Waals surface area contributed by atoms with Crippen molar-refractivity contribution in [2.75, 3.05) is 12.3 Å². The monoisotopic (exact) mass is 212 g/mol. The van der Waals surface area contributed by atoms with Crippen molar-refractivity contribution in [3.05, 3.63) is 5.82 Å². The van der Waals surface area contributed by atoms with Crippen LogP contribution in [-0.2, 0) is 4.74 Å². The number of nitrogens with zero attached hydrogens (tertiary/aromatic N) is 2. The molecule has 6 heteroatoms. The van der Waals surface area contributed by atoms with Gasteiger partial charge in [0.15, 0.2) is 0 Å². The minimum Gasteiger partial charge on any atom is -0.460 e. The summed E-state index contributed by atoms with van der Waals surface area (Å²) >= 11 is 0. The fourth-order valence-corrected chi connectivity index (χ4v) is 1.23. The number of nitrogen functional groups attached to an aromatic ring is 1. The van der Waals surface area contributed by atoms with E-state index in [0.717, 1.165) is 12.8 Å². The number of aromatic amines is 1. The van der Waals surface area contributed by atoms with E-state index in [1.54, 1.807) is 0 Å². The molecule has 1 rings (SSSR count). The van der Waals surface area contributed by atoms with Crippen LogP contribution in [0.1, 0.15) is 37.3 Å². The summed E-state index contributed by atoms with van der Waals surface area (Å²) in [5.41, 5.74) is 5.26. The van der Waals surface area contributed by atoms with E-state index in [1.165, 1.54) is 0 Å². The van der Waals surface area contributed by atoms with Crippen molar-refractivity contribution in [2.24, 2.45) is 5.92 Å². The number of H-pyrrole nitrogens is 1. The molecule has 0 amide bonds. The van der Waals surface area contributed by atoms with Crippen LogP contribution in [0.5, 0.6) is 0 Å². The molecular formula is C9H16N4O2. The Morgan fingerprint density at radius 1 is 1.67 bits per heavy atom. The van der Waals surface area contributed by atoms with Crippen LogP contribution in [0, 0.1) is 5.92 Å². The molecule has 1 atom stereocenters. The van der Waals surface area contributed by atoms with Crippen molar-refractivity contribution in [3.8, 4) is 0 Å². The van der Waals surface area contributed by atoms with Crippen LogP contribution < -0.4 is 5.73 Å². The third-order valence-electron chi connectivity index (χ3n) is 1.98. The standard InChI is InChI=1S/C9H16N4O2/c1-3-4-6(2)5-15-8(14)7-11-9(10)13-12-7/h6H,3-5H2,1-2H3,(H3,10,11,12,13). The highest BCUT2D eigenvalue weighted by atomic mass is 16.5. The minimum atomic E-state index is -0.512. The van der Waals surface area contributed by atoms with Gasteiger partial charge in [0, 0.05) is 0 Å². The van der Waals surface area contributed by atoms with Gasteiger partial charge in [0.1, 0.15) is 0 Å². The van der Waals surface area contributed by atoms with E-state index < -0.39 is 5.97 Å². The number of carbonyl (C=O) groups excluding carboxylic acids is 1. The first-order valence-electron chi connectivity index (χ1n) is 4.98. The molecule has 1 heterocycles. The van der Waals surface area contributed by atoms with Gasteiger partial charge in [-0.3, -0.25) is 5.10 Å². The summed E-state index contributed by atoms with van der Waals surface area (Å²) < 4.78 is 5.03. The van der Waals surface area contributed by atoms with E-state index in [2.05, 4.69) is 22.1 Å². The molecule has 0 spiro atoms. The number of anilines is 1. The van der Waals surface area contributed by atoms with E-state index in [-0.39, 0.29) is 11.8 Å². The molecule has 15 heavy (non-hydrogen) atoms. The van der Waals surface area contributed by atoms with Gasteiger partial charge in [-0.25, -0.2) is 4.79 Å². The van der Waals surface area contributed by atoms with Crippen molar-refractivity contribution in [1.29, 1.82) is 0 Å². The normalized spacial score (nSPS) is 12.4. The quantitative estimate of drug-likeness (QED) is 0.709. The average molecular weight is 212 g/mol. The Morgan fingerprint density at radius 3 is 2.93 bits per heavy atom. The molecule has 1 aromatic rings. The molecule has 84 valence electrons. The zero-order valence-corrected chi connectivity index (χ0v) is 8.99. The second-order valence-corrected chi connectivity index (χ2v) is 3.53. The van der Waals surface area contributed by atoms with Crippen molar-refractivity contribution < 1.29 is 9.53 Å². The lowest BCUT2D eigenvalue weighted by Gasteiger charge is -2.09. The lowest BCUT2D eigenvalue weighted by atomic mass is 10.1. The summed E-state index contributed by atoms with van der Waals surface area (Å²) in [4.78, 5) is 15.0. The number of carbonyl (C=O) groups is 1. The van der Waals surface area contributed by atoms with E-state index in [4.69, 9.17) is 10.5 Å². The van der Waals surface area contributed by atoms with E-state index in [0.29, 0.717) is 12.5 Å². The predicted octanol–water partition coefficient (Wildman–Crippen LogP) is 0.980. The molecule has 1 unspecified atom stereocenters. The highest BCUT2D eigenvalue weighted by Gasteiger charge is 2.13. The first-order chi connectivity index (χ1) is 7.13. The summed E-state index contributed by atoms with van der Waals surface area (Å²) in [5, 5.41) is 5.94. The van der Waals surface area contributed by atoms with Gasteiger partial charge in [0.2, 0.25) is 11.8 Å². The number of ether oxygens (including phenoxy) is 1. The van der Waals surface area contributed by atoms with Crippen LogP contribution in [0.2, 0.25) is 0 Å². The van der Waals surface area contributed by atoms with E-state index in [1.807, 2.05) is 6.92 Å². The molecule has 0 fully saturated rings. The van der Waals surface area contributed by atoms with E-state index in [9.17, 15) is 4.79 Å². The number of rotatable bonds is 5. The van der Waals surface area contributed by atoms with Crippen molar-refractivity contribution in [3.63, 3.8) is 0 Å². The molecule has 0 bridgehead atoms. The Hall–Kier alpha value is -1.59. The summed E-state index contributed by atoms with van der Waals surface area (Å²) in [6.07, 6.45) is 2.11. The van der Waals surface area contributed by atoms with Crippen molar-refractivity contribution >= 4 is 11.9 Å². The summed E-state index contributed by atoms with van der Waals surface area (Å²) in [6.45, 7) is 4.52. The van der Waals surface area contributed by atoms with Gasteiger partial charge in [0.05, 0.1) is 6.61 Å². The molecule has 0 radical (unpaired) electrons. The van der Waals surface area contributed by atoms with Crippen molar-refractivity contribution in [2.45, 2.75) is 26.7 Å². The molecule has 0 aromatic carbocycles. The number of nitrogens with two attached hydrogens (primary N) is 1. The van der Waals surface area contributed by atoms with Crippen LogP contribution in [0.25, 0.3) is 0 Å². The Kier molecular flexibility index (Phi) is 4.08. The van der Waals surface area contributed by atoms with Gasteiger partial charge < -0.3 is 10.5 Å². The minimum absolute atomic E-state index is 0.0450. The average Bonchev–Trinajstić information content (AvgIpc) is 2.62. The first-order valence-corrected chi connectivity index (χ1v) is 4.98. The molecule has 0 aliphatic heterocycles. The molecule has 6 nitrogen and oxygen atoms in total. The third kappa shape index (κ3) is 3.57. The van der Waals surface area contributed by atoms with Gasteiger partial charge in [0.25, 0.3) is 0 Å². The Bertz CT molecular complexity index is 324. The number of hydrogen-bond donors (Lipinski definition) is 2. The SMILES string of the molecule is CCCC(C)COC(=O)c1nc(N)n[nH]1. The molecular weight excluding hydrogens is 196 g/mol. The van der Waals surface area contributed by atoms with Crippen molar-refractivity contribution in [1.82, 2.24) is 15.2 Å². The van der Waals surface area contributed by atoms with Crippen LogP contribution in [0.4, 0.5) is 5.95 Å². The summed E-state index contributed by atoms with van der Waals surface area (Å²) in [7, 11) is 0. The highest BCUT2D eigenvalue weighted by molar-refractivity contribution is 5.85. The molecule has 0 saturated heterocycles. The maximum Gasteiger partial charge on any atom is 0.375 e. The maximum atomic E-state index is 11.4. The van der Waals surface area contributed by atoms with Gasteiger partial charge in [-0.1, -0.05) is 20.3 Å². The molecule has 0 aliphatic rings. The molecule has 0 aliphatic carbocycles. The van der Waals surface area contributed by atoms with E-state index >= 15 is 0 Å². The van der Waals surface area contributed by atoms with Gasteiger partial charge in [-0.05, 0) is 12.3 Å². The lowest BCUT2D eigenvalue weighted by molar-refractivity contribution is 0.0430. The fraction of sp³-hybridized carbons (Fsp3) is 0.667. The van der Waals surface area contributed by atoms with Crippen LogP contribution in [-0.4, -0.2) is 27.8 Å². The zero-order chi connectivity index (χ0) is 11.3. The highest BCUT2D eigenvalue weighted by Crippen LogP contribution is 2.06. The predicted molar refractivity (Wildman–Crippen MR) is 55.1 cm³/mol. The maximum absolute atomic E-state index is 11.4. The smallest absolute Gasteiger partial charge is 0.375 e. The van der Waals surface area contributed by atoms with Gasteiger partial charge in [-0.15, -0.1) is 5.10 Å². The van der Waals surface area contributed by atoms with Crippen LogP contribution in [0.3, 0.4) is 0 Å². The molecule has 0 saturated carbocycles. The van der Waals surface area contributed by atoms with Crippen LogP contribution in [0.15, 0.2) is 0 Å². The Morgan fingerprint density at radius 2 is 2.40 bits per heavy atom. The number of hydrogen-bond acceptors (Lipinski definition) is 5. The largest absolute Gasteiger partial charge is 0.460 e.